The summed E-state index contributed by atoms with van der Waals surface area (Å²) in [5.41, 5.74) is 9.31. The average Bonchev–Trinajstić information content (AvgIpc) is 2.60. The lowest BCUT2D eigenvalue weighted by atomic mass is 9.98. The Bertz CT molecular complexity index is 774. The molecule has 190 valence electrons. The van der Waals surface area contributed by atoms with Crippen molar-refractivity contribution in [3.63, 3.8) is 0 Å². The largest absolute Gasteiger partial charge is 0.697 e. The third-order valence-electron chi connectivity index (χ3n) is 6.96. The molecule has 6 atom stereocenters. The van der Waals surface area contributed by atoms with Gasteiger partial charge in [0.15, 0.2) is 8.32 Å². The van der Waals surface area contributed by atoms with Crippen molar-refractivity contribution in [2.45, 2.75) is 121 Å². The smallest absolute Gasteiger partial charge is 0.411 e. The lowest BCUT2D eigenvalue weighted by molar-refractivity contribution is -0.250. The molecule has 0 aromatic heterocycles. The molecule has 0 aromatic rings. The summed E-state index contributed by atoms with van der Waals surface area (Å²) in [4.78, 5) is 12.4. The van der Waals surface area contributed by atoms with Gasteiger partial charge < -0.3 is 18.0 Å². The topological polar surface area (TPSA) is 132 Å². The van der Waals surface area contributed by atoms with Crippen LogP contribution in [0, 0.1) is 0 Å². The Labute approximate surface area is 200 Å². The zero-order valence-corrected chi connectivity index (χ0v) is 24.7. The van der Waals surface area contributed by atoms with E-state index in [0.29, 0.717) is 0 Å². The molecule has 0 saturated carbocycles. The fourth-order valence-corrected chi connectivity index (χ4v) is 11.1. The van der Waals surface area contributed by atoms with Crippen molar-refractivity contribution in [3.8, 4) is 0 Å². The predicted molar refractivity (Wildman–Crippen MR) is 131 cm³/mol. The Morgan fingerprint density at radius 2 is 1.67 bits per heavy atom. The van der Waals surface area contributed by atoms with Gasteiger partial charge >= 0.3 is 16.8 Å². The van der Waals surface area contributed by atoms with E-state index in [0.717, 1.165) is 0 Å². The molecular formula is C20H41N3O7PSi2+. The second-order valence-electron chi connectivity index (χ2n) is 12.4. The standard InChI is InChI=1S/C20H40N3O7PSi2/c1-18(2,3)32(10,11)29-16-14(22-23-21)17(28-31(24)25)27-13-12-26-33(19(4,5)6,20(7,8)9)30-15(13)16/h13-17H,12H2,1-11H3/p+1/t13-,14-,15+,16-,17-/m1/s1. The lowest BCUT2D eigenvalue weighted by Crippen LogP contribution is -2.72. The number of hydrogen-bond acceptors (Lipinski definition) is 7. The summed E-state index contributed by atoms with van der Waals surface area (Å²) in [7, 11) is -8.26. The fourth-order valence-electron chi connectivity index (χ4n) is 4.51. The van der Waals surface area contributed by atoms with Gasteiger partial charge in [0.2, 0.25) is 6.29 Å². The van der Waals surface area contributed by atoms with Gasteiger partial charge in [-0.05, 0) is 23.7 Å². The molecule has 10 nitrogen and oxygen atoms in total. The first-order chi connectivity index (χ1) is 14.8. The molecule has 2 heterocycles. The van der Waals surface area contributed by atoms with Gasteiger partial charge in [-0.15, -0.1) is 4.89 Å². The third-order valence-corrected chi connectivity index (χ3v) is 16.9. The van der Waals surface area contributed by atoms with Crippen molar-refractivity contribution in [2.24, 2.45) is 5.11 Å². The first-order valence-corrected chi connectivity index (χ1v) is 17.1. The Balaban J connectivity index is 2.62. The summed E-state index contributed by atoms with van der Waals surface area (Å²) in [6, 6.07) is -0.999. The van der Waals surface area contributed by atoms with Crippen LogP contribution in [-0.2, 0) is 27.1 Å². The second kappa shape index (κ2) is 9.57. The molecule has 0 amide bonds. The molecule has 13 heteroatoms. The Kier molecular flexibility index (Phi) is 8.37. The molecule has 0 aromatic carbocycles. The van der Waals surface area contributed by atoms with Gasteiger partial charge in [0.05, 0.1) is 12.7 Å². The molecule has 2 aliphatic rings. The number of azide groups is 1. The van der Waals surface area contributed by atoms with Gasteiger partial charge in [-0.3, -0.25) is 0 Å². The van der Waals surface area contributed by atoms with Gasteiger partial charge in [-0.1, -0.05) is 72.0 Å². The molecule has 2 rings (SSSR count). The van der Waals surface area contributed by atoms with Crippen LogP contribution in [0.4, 0.5) is 0 Å². The van der Waals surface area contributed by atoms with E-state index in [4.69, 9.17) is 22.5 Å². The fraction of sp³-hybridized carbons (Fsp3) is 1.00. The predicted octanol–water partition coefficient (Wildman–Crippen LogP) is 5.90. The molecule has 0 spiro atoms. The van der Waals surface area contributed by atoms with Gasteiger partial charge in [-0.25, -0.2) is 0 Å². The quantitative estimate of drug-likeness (QED) is 0.156. The highest BCUT2D eigenvalue weighted by atomic mass is 31.1. The minimum absolute atomic E-state index is 0.131. The lowest BCUT2D eigenvalue weighted by Gasteiger charge is -2.58. The Morgan fingerprint density at radius 1 is 1.12 bits per heavy atom. The van der Waals surface area contributed by atoms with E-state index in [9.17, 15) is 15.0 Å². The molecule has 2 saturated heterocycles. The molecule has 33 heavy (non-hydrogen) atoms. The molecule has 2 fully saturated rings. The van der Waals surface area contributed by atoms with Gasteiger partial charge in [0.25, 0.3) is 0 Å². The number of ether oxygens (including phenoxy) is 1. The number of nitrogens with zero attached hydrogens (tertiary/aromatic N) is 3. The zero-order valence-electron chi connectivity index (χ0n) is 21.8. The maximum atomic E-state index is 11.5. The van der Waals surface area contributed by atoms with Crippen LogP contribution in [0.3, 0.4) is 0 Å². The van der Waals surface area contributed by atoms with E-state index in [-0.39, 0.29) is 21.7 Å². The number of hydrogen-bond donors (Lipinski definition) is 1. The van der Waals surface area contributed by atoms with Crippen LogP contribution in [0.1, 0.15) is 62.3 Å². The second-order valence-corrected chi connectivity index (χ2v) is 22.6. The van der Waals surface area contributed by atoms with Crippen molar-refractivity contribution in [1.29, 1.82) is 0 Å². The molecular weight excluding hydrogens is 481 g/mol. The van der Waals surface area contributed by atoms with Crippen LogP contribution >= 0.6 is 8.25 Å². The maximum Gasteiger partial charge on any atom is 0.697 e. The number of fused-ring (bicyclic) bond motifs is 1. The van der Waals surface area contributed by atoms with Crippen LogP contribution in [0.15, 0.2) is 5.11 Å². The summed E-state index contributed by atoms with van der Waals surface area (Å²) >= 11 is 0. The third kappa shape index (κ3) is 5.72. The molecule has 1 N–H and O–H groups in total. The first-order valence-electron chi connectivity index (χ1n) is 11.3. The number of rotatable bonds is 5. The molecule has 0 radical (unpaired) electrons. The summed E-state index contributed by atoms with van der Waals surface area (Å²) in [6.45, 7) is 23.5. The van der Waals surface area contributed by atoms with E-state index in [1.54, 1.807) is 0 Å². The van der Waals surface area contributed by atoms with E-state index >= 15 is 0 Å². The van der Waals surface area contributed by atoms with Gasteiger partial charge in [0.1, 0.15) is 18.2 Å². The normalized spacial score (nSPS) is 31.4. The summed E-state index contributed by atoms with van der Waals surface area (Å²) < 4.78 is 42.9. The highest BCUT2D eigenvalue weighted by molar-refractivity contribution is 7.32. The van der Waals surface area contributed by atoms with E-state index in [1.807, 2.05) is 0 Å². The van der Waals surface area contributed by atoms with E-state index in [1.165, 1.54) is 0 Å². The van der Waals surface area contributed by atoms with Gasteiger partial charge in [0, 0.05) is 19.6 Å². The van der Waals surface area contributed by atoms with Crippen molar-refractivity contribution in [1.82, 2.24) is 0 Å². The summed E-state index contributed by atoms with van der Waals surface area (Å²) in [6.07, 6.45) is -3.16. The van der Waals surface area contributed by atoms with Gasteiger partial charge in [-0.2, -0.15) is 0 Å². The molecule has 2 aliphatic heterocycles. The molecule has 0 aliphatic carbocycles. The monoisotopic (exact) mass is 522 g/mol. The van der Waals surface area contributed by atoms with Crippen LogP contribution in [-0.4, -0.2) is 59.0 Å². The van der Waals surface area contributed by atoms with Crippen LogP contribution in [0.25, 0.3) is 10.4 Å². The van der Waals surface area contributed by atoms with Crippen molar-refractivity contribution in [3.05, 3.63) is 10.4 Å². The Hall–Kier alpha value is -0.396. The average molecular weight is 523 g/mol. The summed E-state index contributed by atoms with van der Waals surface area (Å²) in [5, 5.41) is 3.24. The molecule has 0 bridgehead atoms. The van der Waals surface area contributed by atoms with Crippen LogP contribution in [0.5, 0.6) is 0 Å². The van der Waals surface area contributed by atoms with Crippen molar-refractivity contribution in [2.75, 3.05) is 6.61 Å². The highest BCUT2D eigenvalue weighted by Gasteiger charge is 2.65. The van der Waals surface area contributed by atoms with E-state index in [2.05, 4.69) is 85.4 Å². The SMILES string of the molecule is CC(C)(C)[Si](C)(C)O[C@@H]1[C@@H](N=[N+]=[N-])[C@@H](O[P+](=O)O)O[C@@H]2CO[Si](C(C)(C)C)(C(C)(C)C)O[C@H]12. The van der Waals surface area contributed by atoms with Crippen molar-refractivity contribution < 1.29 is 32.0 Å². The Morgan fingerprint density at radius 3 is 2.09 bits per heavy atom. The summed E-state index contributed by atoms with van der Waals surface area (Å²) in [5.74, 6) is 0. The van der Waals surface area contributed by atoms with Crippen molar-refractivity contribution >= 4 is 25.1 Å². The minimum atomic E-state index is -2.99. The first kappa shape index (κ1) is 28.8. The van der Waals surface area contributed by atoms with Crippen LogP contribution in [0.2, 0.25) is 28.2 Å². The van der Waals surface area contributed by atoms with E-state index < -0.39 is 55.8 Å². The molecule has 1 unspecified atom stereocenters. The maximum absolute atomic E-state index is 11.5. The highest BCUT2D eigenvalue weighted by Crippen LogP contribution is 2.56. The van der Waals surface area contributed by atoms with Crippen LogP contribution < -0.4 is 0 Å². The zero-order chi connectivity index (χ0) is 25.6. The minimum Gasteiger partial charge on any atom is -0.411 e.